The second-order valence-corrected chi connectivity index (χ2v) is 6.86. The molecule has 0 saturated carbocycles. The molecule has 5 heteroatoms. The van der Waals surface area contributed by atoms with Crippen LogP contribution in [0.1, 0.15) is 18.4 Å². The number of urea groups is 1. The molecule has 0 atom stereocenters. The van der Waals surface area contributed by atoms with Crippen LogP contribution in [-0.4, -0.2) is 37.1 Å². The Morgan fingerprint density at radius 1 is 1.04 bits per heavy atom. The highest BCUT2D eigenvalue weighted by molar-refractivity contribution is 5.89. The van der Waals surface area contributed by atoms with Gasteiger partial charge in [-0.25, -0.2) is 9.18 Å². The van der Waals surface area contributed by atoms with Gasteiger partial charge in [0.25, 0.3) is 0 Å². The Balaban J connectivity index is 1.31. The lowest BCUT2D eigenvalue weighted by atomic mass is 9.90. The maximum absolute atomic E-state index is 13.0. The van der Waals surface area contributed by atoms with Crippen LogP contribution in [0.5, 0.6) is 0 Å². The average Bonchev–Trinajstić information content (AvgIpc) is 2.66. The molecule has 0 aliphatic carbocycles. The zero-order valence-corrected chi connectivity index (χ0v) is 15.0. The smallest absolute Gasteiger partial charge is 0.319 e. The summed E-state index contributed by atoms with van der Waals surface area (Å²) in [5.41, 5.74) is 2.01. The van der Waals surface area contributed by atoms with E-state index in [-0.39, 0.29) is 11.8 Å². The molecule has 3 rings (SSSR count). The Morgan fingerprint density at radius 2 is 1.73 bits per heavy atom. The monoisotopic (exact) mass is 355 g/mol. The second kappa shape index (κ2) is 9.34. The number of rotatable bonds is 6. The van der Waals surface area contributed by atoms with Gasteiger partial charge in [0.1, 0.15) is 5.82 Å². The Morgan fingerprint density at radius 3 is 2.42 bits per heavy atom. The molecule has 26 heavy (non-hydrogen) atoms. The number of nitrogens with one attached hydrogen (secondary N) is 2. The number of amides is 2. The maximum atomic E-state index is 13.0. The van der Waals surface area contributed by atoms with Crippen molar-refractivity contribution in [2.24, 2.45) is 5.92 Å². The Bertz CT molecular complexity index is 682. The van der Waals surface area contributed by atoms with Gasteiger partial charge in [0.2, 0.25) is 0 Å². The summed E-state index contributed by atoms with van der Waals surface area (Å²) in [6, 6.07) is 16.1. The molecule has 2 amide bonds. The number of carbonyl (C=O) groups excluding carboxylic acids is 1. The van der Waals surface area contributed by atoms with Crippen molar-refractivity contribution >= 4 is 11.7 Å². The number of hydrogen-bond donors (Lipinski definition) is 2. The van der Waals surface area contributed by atoms with Gasteiger partial charge in [-0.3, -0.25) is 0 Å². The van der Waals surface area contributed by atoms with Crippen molar-refractivity contribution < 1.29 is 9.18 Å². The van der Waals surface area contributed by atoms with Crippen LogP contribution in [0.25, 0.3) is 0 Å². The van der Waals surface area contributed by atoms with Crippen molar-refractivity contribution in [1.82, 2.24) is 10.2 Å². The summed E-state index contributed by atoms with van der Waals surface area (Å²) < 4.78 is 13.0. The Labute approximate surface area is 154 Å². The van der Waals surface area contributed by atoms with Gasteiger partial charge in [-0.1, -0.05) is 30.3 Å². The van der Waals surface area contributed by atoms with E-state index in [2.05, 4.69) is 15.5 Å². The van der Waals surface area contributed by atoms with Crippen LogP contribution in [0.3, 0.4) is 0 Å². The maximum Gasteiger partial charge on any atom is 0.319 e. The van der Waals surface area contributed by atoms with Crippen molar-refractivity contribution in [1.29, 1.82) is 0 Å². The minimum atomic E-state index is -0.174. The fourth-order valence-corrected chi connectivity index (χ4v) is 3.39. The molecule has 1 saturated heterocycles. The van der Waals surface area contributed by atoms with Gasteiger partial charge in [-0.15, -0.1) is 0 Å². The van der Waals surface area contributed by atoms with E-state index >= 15 is 0 Å². The highest BCUT2D eigenvalue weighted by atomic mass is 19.1. The molecule has 138 valence electrons. The molecule has 1 aliphatic rings. The molecule has 2 N–H and O–H groups in total. The molecule has 1 heterocycles. The molecule has 2 aromatic rings. The quantitative estimate of drug-likeness (QED) is 0.825. The molecule has 0 unspecified atom stereocenters. The molecular formula is C21H26FN3O. The summed E-state index contributed by atoms with van der Waals surface area (Å²) >= 11 is 0. The van der Waals surface area contributed by atoms with Crippen molar-refractivity contribution in [3.8, 4) is 0 Å². The minimum Gasteiger partial charge on any atom is -0.337 e. The van der Waals surface area contributed by atoms with Gasteiger partial charge in [0.15, 0.2) is 0 Å². The lowest BCUT2D eigenvalue weighted by Gasteiger charge is -2.32. The van der Waals surface area contributed by atoms with E-state index in [4.69, 9.17) is 0 Å². The fraction of sp³-hybridized carbons (Fsp3) is 0.381. The standard InChI is InChI=1S/C21H26FN3O/c22-19-8-6-17(7-9-19)16-18-10-13-25(14-11-18)15-12-23-21(26)24-20-4-2-1-3-5-20/h1-9,18H,10-16H2,(H2,23,24,26). The van der Waals surface area contributed by atoms with E-state index in [1.165, 1.54) is 17.7 Å². The number of benzene rings is 2. The van der Waals surface area contributed by atoms with Gasteiger partial charge >= 0.3 is 6.03 Å². The van der Waals surface area contributed by atoms with E-state index in [0.717, 1.165) is 44.6 Å². The van der Waals surface area contributed by atoms with Crippen LogP contribution in [0.2, 0.25) is 0 Å². The first-order valence-corrected chi connectivity index (χ1v) is 9.26. The summed E-state index contributed by atoms with van der Waals surface area (Å²) in [6.45, 7) is 3.61. The summed E-state index contributed by atoms with van der Waals surface area (Å²) in [6.07, 6.45) is 3.31. The fourth-order valence-electron chi connectivity index (χ4n) is 3.39. The molecule has 0 aromatic heterocycles. The summed E-state index contributed by atoms with van der Waals surface area (Å²) in [4.78, 5) is 14.3. The molecule has 1 aliphatic heterocycles. The van der Waals surface area contributed by atoms with E-state index in [0.29, 0.717) is 12.5 Å². The minimum absolute atomic E-state index is 0.164. The number of nitrogens with zero attached hydrogens (tertiary/aromatic N) is 1. The number of halogens is 1. The number of hydrogen-bond acceptors (Lipinski definition) is 2. The van der Waals surface area contributed by atoms with Crippen molar-refractivity contribution in [3.63, 3.8) is 0 Å². The molecule has 2 aromatic carbocycles. The topological polar surface area (TPSA) is 44.4 Å². The largest absolute Gasteiger partial charge is 0.337 e. The molecule has 4 nitrogen and oxygen atoms in total. The van der Waals surface area contributed by atoms with E-state index in [9.17, 15) is 9.18 Å². The van der Waals surface area contributed by atoms with Crippen molar-refractivity contribution in [3.05, 3.63) is 66.0 Å². The van der Waals surface area contributed by atoms with E-state index in [1.54, 1.807) is 0 Å². The van der Waals surface area contributed by atoms with Crippen LogP contribution in [0.15, 0.2) is 54.6 Å². The highest BCUT2D eigenvalue weighted by Gasteiger charge is 2.19. The predicted octanol–water partition coefficient (Wildman–Crippen LogP) is 3.90. The summed E-state index contributed by atoms with van der Waals surface area (Å²) in [5.74, 6) is 0.485. The zero-order chi connectivity index (χ0) is 18.2. The third kappa shape index (κ3) is 5.85. The first-order valence-electron chi connectivity index (χ1n) is 9.26. The third-order valence-electron chi connectivity index (χ3n) is 4.89. The van der Waals surface area contributed by atoms with Gasteiger partial charge < -0.3 is 15.5 Å². The number of likely N-dealkylation sites (tertiary alicyclic amines) is 1. The SMILES string of the molecule is O=C(NCCN1CCC(Cc2ccc(F)cc2)CC1)Nc1ccccc1. The van der Waals surface area contributed by atoms with Gasteiger partial charge in [-0.2, -0.15) is 0 Å². The number of anilines is 1. The Hall–Kier alpha value is -2.40. The average molecular weight is 355 g/mol. The summed E-state index contributed by atoms with van der Waals surface area (Å²) in [5, 5.41) is 5.73. The summed E-state index contributed by atoms with van der Waals surface area (Å²) in [7, 11) is 0. The van der Waals surface area contributed by atoms with Crippen LogP contribution in [0.4, 0.5) is 14.9 Å². The van der Waals surface area contributed by atoms with Gasteiger partial charge in [-0.05, 0) is 68.1 Å². The third-order valence-corrected chi connectivity index (χ3v) is 4.89. The second-order valence-electron chi connectivity index (χ2n) is 6.86. The normalized spacial score (nSPS) is 15.6. The Kier molecular flexibility index (Phi) is 6.61. The lowest BCUT2D eigenvalue weighted by Crippen LogP contribution is -2.40. The van der Waals surface area contributed by atoms with Crippen LogP contribution in [-0.2, 0) is 6.42 Å². The van der Waals surface area contributed by atoms with Crippen molar-refractivity contribution in [2.75, 3.05) is 31.5 Å². The van der Waals surface area contributed by atoms with E-state index < -0.39 is 0 Å². The van der Waals surface area contributed by atoms with Gasteiger partial charge in [0, 0.05) is 18.8 Å². The molecule has 0 spiro atoms. The number of carbonyl (C=O) groups is 1. The van der Waals surface area contributed by atoms with Crippen LogP contribution in [0, 0.1) is 11.7 Å². The lowest BCUT2D eigenvalue weighted by molar-refractivity contribution is 0.184. The first kappa shape index (κ1) is 18.4. The molecular weight excluding hydrogens is 329 g/mol. The molecule has 1 fully saturated rings. The van der Waals surface area contributed by atoms with Crippen LogP contribution < -0.4 is 10.6 Å². The number of piperidine rings is 1. The number of para-hydroxylation sites is 1. The zero-order valence-electron chi connectivity index (χ0n) is 15.0. The first-order chi connectivity index (χ1) is 12.7. The highest BCUT2D eigenvalue weighted by Crippen LogP contribution is 2.21. The molecule has 0 bridgehead atoms. The predicted molar refractivity (Wildman–Crippen MR) is 103 cm³/mol. The van der Waals surface area contributed by atoms with Gasteiger partial charge in [0.05, 0.1) is 0 Å². The van der Waals surface area contributed by atoms with Crippen LogP contribution >= 0.6 is 0 Å². The van der Waals surface area contributed by atoms with E-state index in [1.807, 2.05) is 42.5 Å². The van der Waals surface area contributed by atoms with Crippen molar-refractivity contribution in [2.45, 2.75) is 19.3 Å². The molecule has 0 radical (unpaired) electrons.